The minimum atomic E-state index is -1.03. The highest BCUT2D eigenvalue weighted by molar-refractivity contribution is 5.95. The van der Waals surface area contributed by atoms with E-state index >= 15 is 0 Å². The van der Waals surface area contributed by atoms with E-state index in [1.165, 1.54) is 12.1 Å². The Hall–Kier alpha value is -1.88. The van der Waals surface area contributed by atoms with E-state index in [0.717, 1.165) is 5.06 Å². The monoisotopic (exact) mass is 235 g/mol. The Labute approximate surface area is 98.6 Å². The van der Waals surface area contributed by atoms with Crippen LogP contribution < -0.4 is 5.06 Å². The molecule has 0 unspecified atom stereocenters. The summed E-state index contributed by atoms with van der Waals surface area (Å²) in [6, 6.07) is 6.12. The summed E-state index contributed by atoms with van der Waals surface area (Å²) < 4.78 is 0. The van der Waals surface area contributed by atoms with E-state index in [4.69, 9.17) is 9.94 Å². The van der Waals surface area contributed by atoms with Crippen molar-refractivity contribution in [1.82, 2.24) is 0 Å². The zero-order valence-electron chi connectivity index (χ0n) is 9.64. The number of benzene rings is 1. The molecule has 1 amide bonds. The summed E-state index contributed by atoms with van der Waals surface area (Å²) in [7, 11) is 0. The average Bonchev–Trinajstić information content (AvgIpc) is 2.52. The van der Waals surface area contributed by atoms with Gasteiger partial charge in [0.05, 0.1) is 17.7 Å². The van der Waals surface area contributed by atoms with Crippen molar-refractivity contribution in [3.8, 4) is 0 Å². The van der Waals surface area contributed by atoms with E-state index in [1.807, 2.05) is 13.8 Å². The zero-order chi connectivity index (χ0) is 12.6. The molecular formula is C12H13NO4. The van der Waals surface area contributed by atoms with E-state index in [1.54, 1.807) is 12.1 Å². The number of carbonyl (C=O) groups is 2. The van der Waals surface area contributed by atoms with Gasteiger partial charge in [-0.05, 0) is 32.0 Å². The van der Waals surface area contributed by atoms with Crippen LogP contribution in [0, 0.1) is 0 Å². The highest BCUT2D eigenvalue weighted by Gasteiger charge is 2.38. The molecule has 0 spiro atoms. The summed E-state index contributed by atoms with van der Waals surface area (Å²) in [5.41, 5.74) is 0.0279. The second-order valence-electron chi connectivity index (χ2n) is 4.57. The molecule has 1 aromatic rings. The Bertz CT molecular complexity index is 481. The summed E-state index contributed by atoms with van der Waals surface area (Å²) in [4.78, 5) is 28.0. The lowest BCUT2D eigenvalue weighted by Crippen LogP contribution is -2.25. The van der Waals surface area contributed by atoms with Gasteiger partial charge >= 0.3 is 5.97 Å². The molecule has 0 aromatic heterocycles. The number of hydroxylamine groups is 1. The van der Waals surface area contributed by atoms with Crippen LogP contribution in [0.25, 0.3) is 0 Å². The molecule has 1 fully saturated rings. The van der Waals surface area contributed by atoms with Gasteiger partial charge in [-0.3, -0.25) is 9.63 Å². The molecule has 5 heteroatoms. The van der Waals surface area contributed by atoms with Gasteiger partial charge in [0.1, 0.15) is 5.60 Å². The Kier molecular flexibility index (Phi) is 2.63. The van der Waals surface area contributed by atoms with E-state index in [0.29, 0.717) is 5.69 Å². The molecule has 90 valence electrons. The molecule has 0 saturated carbocycles. The summed E-state index contributed by atoms with van der Waals surface area (Å²) >= 11 is 0. The van der Waals surface area contributed by atoms with Gasteiger partial charge in [0.2, 0.25) is 0 Å². The number of aromatic carboxylic acids is 1. The van der Waals surface area contributed by atoms with E-state index in [9.17, 15) is 9.59 Å². The summed E-state index contributed by atoms with van der Waals surface area (Å²) in [6.45, 7) is 3.62. The maximum Gasteiger partial charge on any atom is 0.335 e. The van der Waals surface area contributed by atoms with Crippen LogP contribution in [0.4, 0.5) is 5.69 Å². The third-order valence-corrected chi connectivity index (χ3v) is 2.47. The molecule has 1 aliphatic heterocycles. The Morgan fingerprint density at radius 2 is 2.18 bits per heavy atom. The van der Waals surface area contributed by atoms with E-state index in [2.05, 4.69) is 0 Å². The quantitative estimate of drug-likeness (QED) is 0.849. The molecule has 0 bridgehead atoms. The van der Waals surface area contributed by atoms with Crippen molar-refractivity contribution in [3.05, 3.63) is 29.8 Å². The van der Waals surface area contributed by atoms with Gasteiger partial charge in [-0.15, -0.1) is 0 Å². The first-order valence-electron chi connectivity index (χ1n) is 5.24. The topological polar surface area (TPSA) is 66.8 Å². The van der Waals surface area contributed by atoms with Gasteiger partial charge < -0.3 is 5.11 Å². The van der Waals surface area contributed by atoms with Gasteiger partial charge in [-0.25, -0.2) is 4.79 Å². The van der Waals surface area contributed by atoms with Crippen LogP contribution in [0.5, 0.6) is 0 Å². The van der Waals surface area contributed by atoms with Crippen molar-refractivity contribution >= 4 is 17.6 Å². The van der Waals surface area contributed by atoms with Crippen LogP contribution in [-0.2, 0) is 9.63 Å². The standard InChI is InChI=1S/C12H13NO4/c1-12(2)7-10(14)13(17-12)9-5-3-4-8(6-9)11(15)16/h3-6H,7H2,1-2H3,(H,15,16). The van der Waals surface area contributed by atoms with Crippen molar-refractivity contribution in [2.45, 2.75) is 25.9 Å². The van der Waals surface area contributed by atoms with Crippen LogP contribution in [-0.4, -0.2) is 22.6 Å². The smallest absolute Gasteiger partial charge is 0.335 e. The maximum atomic E-state index is 11.7. The number of carboxylic acids is 1. The fourth-order valence-corrected chi connectivity index (χ4v) is 1.73. The molecule has 1 saturated heterocycles. The second-order valence-corrected chi connectivity index (χ2v) is 4.57. The lowest BCUT2D eigenvalue weighted by molar-refractivity contribution is -0.119. The molecule has 1 heterocycles. The predicted molar refractivity (Wildman–Crippen MR) is 60.7 cm³/mol. The van der Waals surface area contributed by atoms with Crippen LogP contribution in [0.1, 0.15) is 30.6 Å². The number of anilines is 1. The lowest BCUT2D eigenvalue weighted by Gasteiger charge is -2.19. The third kappa shape index (κ3) is 2.29. The largest absolute Gasteiger partial charge is 0.478 e. The minimum Gasteiger partial charge on any atom is -0.478 e. The molecule has 5 nitrogen and oxygen atoms in total. The normalized spacial score (nSPS) is 18.5. The summed E-state index contributed by atoms with van der Waals surface area (Å²) in [5, 5.41) is 10.0. The SMILES string of the molecule is CC1(C)CC(=O)N(c2cccc(C(=O)O)c2)O1. The van der Waals surface area contributed by atoms with Crippen LogP contribution in [0.15, 0.2) is 24.3 Å². The summed E-state index contributed by atoms with van der Waals surface area (Å²) in [5.74, 6) is -1.20. The number of hydrogen-bond donors (Lipinski definition) is 1. The Balaban J connectivity index is 2.32. The number of carbonyl (C=O) groups excluding carboxylic acids is 1. The first kappa shape index (κ1) is 11.6. The molecule has 2 rings (SSSR count). The average molecular weight is 235 g/mol. The Morgan fingerprint density at radius 1 is 1.47 bits per heavy atom. The zero-order valence-corrected chi connectivity index (χ0v) is 9.64. The third-order valence-electron chi connectivity index (χ3n) is 2.47. The van der Waals surface area contributed by atoms with Crippen molar-refractivity contribution in [1.29, 1.82) is 0 Å². The first-order valence-corrected chi connectivity index (χ1v) is 5.24. The van der Waals surface area contributed by atoms with Gasteiger partial charge in [0.25, 0.3) is 5.91 Å². The highest BCUT2D eigenvalue weighted by Crippen LogP contribution is 2.30. The first-order chi connectivity index (χ1) is 7.89. The molecule has 0 aliphatic carbocycles. The minimum absolute atomic E-state index is 0.128. The van der Waals surface area contributed by atoms with Crippen LogP contribution in [0.2, 0.25) is 0 Å². The Morgan fingerprint density at radius 3 is 2.71 bits per heavy atom. The fourth-order valence-electron chi connectivity index (χ4n) is 1.73. The van der Waals surface area contributed by atoms with Crippen molar-refractivity contribution < 1.29 is 19.5 Å². The number of nitrogens with zero attached hydrogens (tertiary/aromatic N) is 1. The number of amides is 1. The highest BCUT2D eigenvalue weighted by atomic mass is 16.7. The van der Waals surface area contributed by atoms with Gasteiger partial charge in [0, 0.05) is 0 Å². The van der Waals surface area contributed by atoms with Crippen LogP contribution in [0.3, 0.4) is 0 Å². The number of rotatable bonds is 2. The molecular weight excluding hydrogens is 222 g/mol. The number of hydrogen-bond acceptors (Lipinski definition) is 3. The molecule has 1 N–H and O–H groups in total. The second kappa shape index (κ2) is 3.85. The molecule has 0 atom stereocenters. The van der Waals surface area contributed by atoms with Gasteiger partial charge in [0.15, 0.2) is 0 Å². The maximum absolute atomic E-state index is 11.7. The van der Waals surface area contributed by atoms with E-state index in [-0.39, 0.29) is 17.9 Å². The van der Waals surface area contributed by atoms with Crippen LogP contribution >= 0.6 is 0 Å². The summed E-state index contributed by atoms with van der Waals surface area (Å²) in [6.07, 6.45) is 0.282. The molecule has 1 aromatic carbocycles. The molecule has 1 aliphatic rings. The molecule has 17 heavy (non-hydrogen) atoms. The molecule has 0 radical (unpaired) electrons. The lowest BCUT2D eigenvalue weighted by atomic mass is 10.1. The van der Waals surface area contributed by atoms with Gasteiger partial charge in [-0.1, -0.05) is 6.07 Å². The van der Waals surface area contributed by atoms with Gasteiger partial charge in [-0.2, -0.15) is 5.06 Å². The number of carboxylic acid groups (broad SMARTS) is 1. The predicted octanol–water partition coefficient (Wildman–Crippen LogP) is 1.83. The van der Waals surface area contributed by atoms with E-state index < -0.39 is 11.6 Å². The van der Waals surface area contributed by atoms with Crippen molar-refractivity contribution in [2.75, 3.05) is 5.06 Å². The van der Waals surface area contributed by atoms with Crippen molar-refractivity contribution in [3.63, 3.8) is 0 Å². The fraction of sp³-hybridized carbons (Fsp3) is 0.333. The van der Waals surface area contributed by atoms with Crippen molar-refractivity contribution in [2.24, 2.45) is 0 Å².